The van der Waals surface area contributed by atoms with Gasteiger partial charge >= 0.3 is 0 Å². The molecule has 0 atom stereocenters. The molecule has 0 aliphatic carbocycles. The lowest BCUT2D eigenvalue weighted by Crippen LogP contribution is -2.08. The summed E-state index contributed by atoms with van der Waals surface area (Å²) in [5.41, 5.74) is 10.7. The molecule has 0 aliphatic heterocycles. The van der Waals surface area contributed by atoms with Gasteiger partial charge in [0, 0.05) is 53.7 Å². The number of nitrogens with zero attached hydrogens (tertiary/aromatic N) is 5. The zero-order valence-electron chi connectivity index (χ0n) is 31.5. The minimum Gasteiger partial charge on any atom is -0.308 e. The number of benzene rings is 8. The summed E-state index contributed by atoms with van der Waals surface area (Å²) < 4.78 is 7.39. The third kappa shape index (κ3) is 4.79. The maximum Gasteiger partial charge on any atom is 0.166 e. The van der Waals surface area contributed by atoms with Crippen LogP contribution in [-0.4, -0.2) is 24.1 Å². The van der Waals surface area contributed by atoms with Gasteiger partial charge in [-0.1, -0.05) is 152 Å². The van der Waals surface area contributed by atoms with Gasteiger partial charge in [-0.15, -0.1) is 11.3 Å². The standard InChI is InChI=1S/C52H33N5S/c1-32-45(52-54-50(33-18-4-2-5-19-33)53-51(55-52)34-20-6-3-7-21-34)48(57-42-29-15-10-24-37(42)38-25-11-16-30-43(38)57)46-39-26-12-17-31-44(39)58-49(46)47(32)56-40-27-13-8-22-35(40)36-23-9-14-28-41(36)56/h2-31H,1H3. The summed E-state index contributed by atoms with van der Waals surface area (Å²) in [7, 11) is 0. The van der Waals surface area contributed by atoms with Gasteiger partial charge in [-0.05, 0) is 42.8 Å². The van der Waals surface area contributed by atoms with Crippen LogP contribution in [0.15, 0.2) is 182 Å². The monoisotopic (exact) mass is 759 g/mol. The van der Waals surface area contributed by atoms with Crippen LogP contribution in [0, 0.1) is 6.92 Å². The molecule has 6 heteroatoms. The first-order valence-corrected chi connectivity index (χ1v) is 20.4. The van der Waals surface area contributed by atoms with E-state index in [4.69, 9.17) is 15.0 Å². The predicted octanol–water partition coefficient (Wildman–Crippen LogP) is 13.7. The van der Waals surface area contributed by atoms with Gasteiger partial charge in [-0.2, -0.15) is 0 Å². The predicted molar refractivity (Wildman–Crippen MR) is 242 cm³/mol. The summed E-state index contributed by atoms with van der Waals surface area (Å²) in [4.78, 5) is 16.1. The fourth-order valence-electron chi connectivity index (χ4n) is 9.05. The molecule has 12 aromatic rings. The van der Waals surface area contributed by atoms with Gasteiger partial charge in [-0.3, -0.25) is 0 Å². The first-order valence-electron chi connectivity index (χ1n) is 19.5. The molecule has 5 nitrogen and oxygen atoms in total. The van der Waals surface area contributed by atoms with Crippen LogP contribution in [0.2, 0.25) is 0 Å². The normalized spacial score (nSPS) is 11.9. The Kier molecular flexibility index (Phi) is 7.25. The number of thiophene rings is 1. The molecule has 4 heterocycles. The molecule has 0 fully saturated rings. The molecule has 0 saturated heterocycles. The van der Waals surface area contributed by atoms with E-state index in [0.717, 1.165) is 55.7 Å². The van der Waals surface area contributed by atoms with E-state index in [1.807, 2.05) is 47.7 Å². The van der Waals surface area contributed by atoms with Crippen LogP contribution in [0.1, 0.15) is 5.56 Å². The highest BCUT2D eigenvalue weighted by atomic mass is 32.1. The second kappa shape index (κ2) is 12.8. The van der Waals surface area contributed by atoms with Crippen LogP contribution >= 0.6 is 11.3 Å². The van der Waals surface area contributed by atoms with E-state index in [9.17, 15) is 0 Å². The van der Waals surface area contributed by atoms with E-state index in [-0.39, 0.29) is 0 Å². The quantitative estimate of drug-likeness (QED) is 0.176. The van der Waals surface area contributed by atoms with Gasteiger partial charge in [0.15, 0.2) is 17.5 Å². The Morgan fingerprint density at radius 3 is 1.24 bits per heavy atom. The minimum atomic E-state index is 0.626. The van der Waals surface area contributed by atoms with Gasteiger partial charge in [0.1, 0.15) is 0 Å². The first kappa shape index (κ1) is 32.8. The number of fused-ring (bicyclic) bond motifs is 9. The van der Waals surface area contributed by atoms with Crippen LogP contribution in [0.4, 0.5) is 0 Å². The number of rotatable bonds is 5. The Morgan fingerprint density at radius 2 is 0.759 bits per heavy atom. The summed E-state index contributed by atoms with van der Waals surface area (Å²) in [5.74, 6) is 1.89. The van der Waals surface area contributed by atoms with Crippen LogP contribution in [0.25, 0.3) is 109 Å². The molecule has 4 aromatic heterocycles. The van der Waals surface area contributed by atoms with E-state index in [1.54, 1.807) is 0 Å². The molecule has 8 aromatic carbocycles. The largest absolute Gasteiger partial charge is 0.308 e. The third-order valence-corrected chi connectivity index (χ3v) is 12.7. The summed E-state index contributed by atoms with van der Waals surface area (Å²) in [6, 6.07) is 64.4. The maximum absolute atomic E-state index is 5.47. The first-order chi connectivity index (χ1) is 28.7. The van der Waals surface area contributed by atoms with E-state index in [1.165, 1.54) is 41.7 Å². The fourth-order valence-corrected chi connectivity index (χ4v) is 10.3. The van der Waals surface area contributed by atoms with Crippen LogP contribution in [-0.2, 0) is 0 Å². The molecule has 0 aliphatic rings. The highest BCUT2D eigenvalue weighted by Crippen LogP contribution is 2.50. The summed E-state index contributed by atoms with van der Waals surface area (Å²) in [6.45, 7) is 2.27. The fraction of sp³-hybridized carbons (Fsp3) is 0.0192. The Labute approximate surface area is 337 Å². The Hall–Kier alpha value is -7.41. The molecular weight excluding hydrogens is 727 g/mol. The van der Waals surface area contributed by atoms with E-state index < -0.39 is 0 Å². The molecule has 0 amide bonds. The summed E-state index contributed by atoms with van der Waals surface area (Å²) in [6.07, 6.45) is 0. The van der Waals surface area contributed by atoms with Crippen molar-refractivity contribution >= 4 is 75.1 Å². The van der Waals surface area contributed by atoms with Crippen molar-refractivity contribution in [1.82, 2.24) is 24.1 Å². The Bertz CT molecular complexity index is 3410. The zero-order chi connectivity index (χ0) is 38.3. The van der Waals surface area contributed by atoms with Gasteiger partial charge in [0.25, 0.3) is 0 Å². The van der Waals surface area contributed by atoms with Crippen molar-refractivity contribution in [3.05, 3.63) is 188 Å². The van der Waals surface area contributed by atoms with Crippen molar-refractivity contribution < 1.29 is 0 Å². The number of hydrogen-bond acceptors (Lipinski definition) is 4. The van der Waals surface area contributed by atoms with Crippen molar-refractivity contribution in [2.24, 2.45) is 0 Å². The van der Waals surface area contributed by atoms with E-state index in [2.05, 4.69) is 162 Å². The SMILES string of the molecule is Cc1c(-c2nc(-c3ccccc3)nc(-c3ccccc3)n2)c(-n2c3ccccc3c3ccccc32)c2c(sc3ccccc32)c1-n1c2ccccc2c2ccccc21. The second-order valence-corrected chi connectivity index (χ2v) is 15.8. The van der Waals surface area contributed by atoms with Crippen LogP contribution < -0.4 is 0 Å². The van der Waals surface area contributed by atoms with E-state index >= 15 is 0 Å². The number of aromatic nitrogens is 5. The molecule has 0 bridgehead atoms. The average Bonchev–Trinajstić information content (AvgIpc) is 3.95. The molecule has 272 valence electrons. The second-order valence-electron chi connectivity index (χ2n) is 14.8. The lowest BCUT2D eigenvalue weighted by molar-refractivity contribution is 1.06. The molecule has 0 saturated carbocycles. The van der Waals surface area contributed by atoms with Gasteiger partial charge in [0.2, 0.25) is 0 Å². The minimum absolute atomic E-state index is 0.626. The third-order valence-electron chi connectivity index (χ3n) is 11.5. The molecule has 12 rings (SSSR count). The number of hydrogen-bond donors (Lipinski definition) is 0. The lowest BCUT2D eigenvalue weighted by Gasteiger charge is -2.22. The van der Waals surface area contributed by atoms with E-state index in [0.29, 0.717) is 17.5 Å². The van der Waals surface area contributed by atoms with Crippen molar-refractivity contribution in [2.75, 3.05) is 0 Å². The molecule has 0 unspecified atom stereocenters. The highest BCUT2D eigenvalue weighted by Gasteiger charge is 2.30. The molecular formula is C52H33N5S. The van der Waals surface area contributed by atoms with Crippen molar-refractivity contribution in [3.8, 4) is 45.5 Å². The van der Waals surface area contributed by atoms with Crippen molar-refractivity contribution in [2.45, 2.75) is 6.92 Å². The highest BCUT2D eigenvalue weighted by molar-refractivity contribution is 7.26. The van der Waals surface area contributed by atoms with Gasteiger partial charge in [0.05, 0.1) is 38.1 Å². The van der Waals surface area contributed by atoms with Gasteiger partial charge in [-0.25, -0.2) is 15.0 Å². The smallest absolute Gasteiger partial charge is 0.166 e. The summed E-state index contributed by atoms with van der Waals surface area (Å²) >= 11 is 1.86. The lowest BCUT2D eigenvalue weighted by atomic mass is 9.97. The Balaban J connectivity index is 1.34. The molecule has 0 N–H and O–H groups in total. The topological polar surface area (TPSA) is 48.5 Å². The molecule has 0 radical (unpaired) electrons. The van der Waals surface area contributed by atoms with Crippen LogP contribution in [0.5, 0.6) is 0 Å². The van der Waals surface area contributed by atoms with Crippen molar-refractivity contribution in [3.63, 3.8) is 0 Å². The maximum atomic E-state index is 5.47. The summed E-state index contributed by atoms with van der Waals surface area (Å²) in [5, 5.41) is 7.21. The molecule has 0 spiro atoms. The number of para-hydroxylation sites is 4. The van der Waals surface area contributed by atoms with Gasteiger partial charge < -0.3 is 9.13 Å². The van der Waals surface area contributed by atoms with Crippen molar-refractivity contribution in [1.29, 1.82) is 0 Å². The molecule has 58 heavy (non-hydrogen) atoms. The van der Waals surface area contributed by atoms with Crippen LogP contribution in [0.3, 0.4) is 0 Å². The average molecular weight is 760 g/mol. The zero-order valence-corrected chi connectivity index (χ0v) is 32.3. The Morgan fingerprint density at radius 1 is 0.379 bits per heavy atom.